The number of amides is 3. The Balaban J connectivity index is 2.82. The molecular weight excluding hydrogens is 469 g/mol. The topological polar surface area (TPSA) is 127 Å². The maximum atomic E-state index is 13.5. The van der Waals surface area contributed by atoms with E-state index in [1.54, 1.807) is 13.8 Å². The van der Waals surface area contributed by atoms with Crippen molar-refractivity contribution < 1.29 is 29.3 Å². The predicted octanol–water partition coefficient (Wildman–Crippen LogP) is 4.44. The number of rotatable bonds is 15. The van der Waals surface area contributed by atoms with E-state index in [4.69, 9.17) is 0 Å². The van der Waals surface area contributed by atoms with E-state index in [1.165, 1.54) is 11.9 Å². The maximum Gasteiger partial charge on any atom is 0.341 e. The third kappa shape index (κ3) is 9.65. The van der Waals surface area contributed by atoms with Gasteiger partial charge in [-0.15, -0.1) is 0 Å². The first-order valence-electron chi connectivity index (χ1n) is 12.3. The molecule has 2 atom stereocenters. The highest BCUT2D eigenvalue weighted by Crippen LogP contribution is 2.47. The molecule has 1 rings (SSSR count). The van der Waals surface area contributed by atoms with Gasteiger partial charge in [-0.2, -0.15) is 0 Å². The third-order valence-corrected chi connectivity index (χ3v) is 8.32. The highest BCUT2D eigenvalue weighted by Gasteiger charge is 2.49. The van der Waals surface area contributed by atoms with Crippen LogP contribution in [0.15, 0.2) is 30.3 Å². The number of hydroxylamine groups is 2. The van der Waals surface area contributed by atoms with Crippen molar-refractivity contribution in [3.8, 4) is 0 Å². The number of unbranched alkanes of at least 4 members (excludes halogenated alkanes) is 1. The minimum Gasteiger partial charge on any atom is -0.479 e. The van der Waals surface area contributed by atoms with Gasteiger partial charge in [0.25, 0.3) is 0 Å². The molecule has 10 heteroatoms. The molecular formula is C25H42N3O6P. The molecule has 0 saturated carbocycles. The van der Waals surface area contributed by atoms with Crippen LogP contribution in [0.2, 0.25) is 0 Å². The van der Waals surface area contributed by atoms with Crippen molar-refractivity contribution in [1.82, 2.24) is 15.3 Å². The summed E-state index contributed by atoms with van der Waals surface area (Å²) in [6, 6.07) is 9.00. The summed E-state index contributed by atoms with van der Waals surface area (Å²) < 4.78 is 13.5. The van der Waals surface area contributed by atoms with Crippen molar-refractivity contribution in [2.24, 2.45) is 5.92 Å². The highest BCUT2D eigenvalue weighted by molar-refractivity contribution is 7.47. The first-order valence-corrected chi connectivity index (χ1v) is 13.9. The van der Waals surface area contributed by atoms with Gasteiger partial charge < -0.3 is 19.9 Å². The van der Waals surface area contributed by atoms with Gasteiger partial charge in [-0.05, 0) is 57.4 Å². The average Bonchev–Trinajstić information content (AvgIpc) is 2.79. The van der Waals surface area contributed by atoms with Gasteiger partial charge in [0.1, 0.15) is 7.80 Å². The lowest BCUT2D eigenvalue weighted by Crippen LogP contribution is -2.53. The number of hydrogen-bond acceptors (Lipinski definition) is 5. The van der Waals surface area contributed by atoms with Gasteiger partial charge in [0.2, 0.25) is 5.91 Å². The Hall–Kier alpha value is -2.38. The van der Waals surface area contributed by atoms with E-state index >= 15 is 0 Å². The van der Waals surface area contributed by atoms with Crippen molar-refractivity contribution in [2.75, 3.05) is 19.8 Å². The first-order chi connectivity index (χ1) is 16.4. The third-order valence-electron chi connectivity index (χ3n) is 5.83. The lowest BCUT2D eigenvalue weighted by Gasteiger charge is -2.39. The zero-order valence-corrected chi connectivity index (χ0v) is 22.6. The van der Waals surface area contributed by atoms with Gasteiger partial charge in [-0.25, -0.2) is 14.7 Å². The normalized spacial score (nSPS) is 13.8. The highest BCUT2D eigenvalue weighted by atomic mass is 31.1. The molecule has 0 saturated heterocycles. The van der Waals surface area contributed by atoms with Crippen LogP contribution in [0.1, 0.15) is 65.4 Å². The molecule has 9 nitrogen and oxygen atoms in total. The molecule has 0 radical (unpaired) electrons. The van der Waals surface area contributed by atoms with E-state index in [-0.39, 0.29) is 43.4 Å². The zero-order valence-electron chi connectivity index (χ0n) is 21.6. The Labute approximate surface area is 209 Å². The number of nitrogens with zero attached hydrogens (tertiary/aromatic N) is 2. The van der Waals surface area contributed by atoms with Gasteiger partial charge in [-0.3, -0.25) is 10.0 Å². The fraction of sp³-hybridized carbons (Fsp3) is 0.640. The molecule has 1 aromatic carbocycles. The summed E-state index contributed by atoms with van der Waals surface area (Å²) in [5, 5.41) is 21.4. The average molecular weight is 512 g/mol. The maximum absolute atomic E-state index is 13.5. The van der Waals surface area contributed by atoms with Gasteiger partial charge in [0.05, 0.1) is 6.54 Å². The summed E-state index contributed by atoms with van der Waals surface area (Å²) in [6.07, 6.45) is 2.32. The van der Waals surface area contributed by atoms with Crippen molar-refractivity contribution in [3.05, 3.63) is 35.9 Å². The van der Waals surface area contributed by atoms with Crippen LogP contribution in [-0.4, -0.2) is 69.3 Å². The molecule has 0 aliphatic carbocycles. The van der Waals surface area contributed by atoms with Crippen molar-refractivity contribution in [3.63, 3.8) is 0 Å². The van der Waals surface area contributed by atoms with E-state index in [0.717, 1.165) is 5.56 Å². The minimum absolute atomic E-state index is 0.0339. The number of carboxylic acid groups (broad SMARTS) is 1. The van der Waals surface area contributed by atoms with Crippen LogP contribution < -0.4 is 5.32 Å². The van der Waals surface area contributed by atoms with E-state index in [2.05, 4.69) is 5.32 Å². The molecule has 0 fully saturated rings. The Morgan fingerprint density at radius 2 is 1.69 bits per heavy atom. The van der Waals surface area contributed by atoms with Crippen molar-refractivity contribution in [2.45, 2.75) is 77.5 Å². The van der Waals surface area contributed by atoms with Crippen LogP contribution in [0.4, 0.5) is 4.79 Å². The molecule has 3 N–H and O–H groups in total. The molecule has 0 aliphatic heterocycles. The van der Waals surface area contributed by atoms with E-state index in [0.29, 0.717) is 30.7 Å². The second-order valence-corrected chi connectivity index (χ2v) is 11.8. The number of benzene rings is 1. The fourth-order valence-corrected chi connectivity index (χ4v) is 6.38. The molecule has 0 aromatic heterocycles. The van der Waals surface area contributed by atoms with Crippen LogP contribution >= 0.6 is 7.80 Å². The second kappa shape index (κ2) is 14.9. The summed E-state index contributed by atoms with van der Waals surface area (Å²) in [7, 11) is -1.34. The summed E-state index contributed by atoms with van der Waals surface area (Å²) in [5.41, 5.74) is 1.10. The Morgan fingerprint density at radius 3 is 2.23 bits per heavy atom. The molecule has 0 spiro atoms. The molecule has 3 amide bonds. The lowest BCUT2D eigenvalue weighted by atomic mass is 10.0. The zero-order chi connectivity index (χ0) is 26.6. The summed E-state index contributed by atoms with van der Waals surface area (Å²) in [5.74, 6) is -1.68. The number of carbonyl (C=O) groups is 3. The van der Waals surface area contributed by atoms with Gasteiger partial charge in [-0.1, -0.05) is 44.2 Å². The Kier molecular flexibility index (Phi) is 13.0. The fourth-order valence-electron chi connectivity index (χ4n) is 4.02. The standard InChI is InChI=1S/C25H42N3O6P/c1-19(2)18-25(23(30)31,27(5)22(29)15-11-14-21-12-7-6-8-13-21)35(34)17-10-9-16-28(33)24(32)26-20(3)4/h6-8,12-13,19-20,33,35H,9-11,14-18H2,1-5H3,(H,26,32)(H,30,31)/t25-/m1/s1. The summed E-state index contributed by atoms with van der Waals surface area (Å²) in [4.78, 5) is 38.5. The molecule has 0 bridgehead atoms. The number of aryl methyl sites for hydroxylation is 1. The van der Waals surface area contributed by atoms with E-state index in [1.807, 2.05) is 44.2 Å². The van der Waals surface area contributed by atoms with Crippen LogP contribution in [-0.2, 0) is 20.6 Å². The SMILES string of the molecule is CC(C)C[C@@](C(=O)O)(N(C)C(=O)CCCc1ccccc1)[PH](=O)CCCCN(O)C(=O)NC(C)C. The van der Waals surface area contributed by atoms with Crippen LogP contribution in [0, 0.1) is 5.92 Å². The predicted molar refractivity (Wildman–Crippen MR) is 137 cm³/mol. The van der Waals surface area contributed by atoms with Crippen LogP contribution in [0.25, 0.3) is 0 Å². The number of likely N-dealkylation sites (N-methyl/N-ethyl adjacent to an activating group) is 1. The molecule has 0 aliphatic rings. The molecule has 1 unspecified atom stereocenters. The molecule has 1 aromatic rings. The summed E-state index contributed by atoms with van der Waals surface area (Å²) in [6.45, 7) is 7.27. The van der Waals surface area contributed by atoms with E-state index < -0.39 is 25.1 Å². The van der Waals surface area contributed by atoms with Gasteiger partial charge in [0, 0.05) is 25.7 Å². The number of urea groups is 1. The summed E-state index contributed by atoms with van der Waals surface area (Å²) >= 11 is 0. The molecule has 0 heterocycles. The molecule has 35 heavy (non-hydrogen) atoms. The number of carboxylic acids is 1. The van der Waals surface area contributed by atoms with Gasteiger partial charge in [0.15, 0.2) is 5.28 Å². The number of carbonyl (C=O) groups excluding carboxylic acids is 2. The van der Waals surface area contributed by atoms with Gasteiger partial charge >= 0.3 is 12.0 Å². The monoisotopic (exact) mass is 511 g/mol. The van der Waals surface area contributed by atoms with E-state index in [9.17, 15) is 29.3 Å². The first kappa shape index (κ1) is 30.7. The largest absolute Gasteiger partial charge is 0.479 e. The number of hydrogen-bond donors (Lipinski definition) is 3. The van der Waals surface area contributed by atoms with Crippen molar-refractivity contribution in [1.29, 1.82) is 0 Å². The molecule has 198 valence electrons. The minimum atomic E-state index is -2.78. The van der Waals surface area contributed by atoms with Crippen molar-refractivity contribution >= 4 is 25.7 Å². The Morgan fingerprint density at radius 1 is 1.06 bits per heavy atom. The van der Waals surface area contributed by atoms with Crippen LogP contribution in [0.5, 0.6) is 0 Å². The second-order valence-electron chi connectivity index (χ2n) is 9.66. The smallest absolute Gasteiger partial charge is 0.341 e. The quantitative estimate of drug-likeness (QED) is 0.138. The number of nitrogens with one attached hydrogen (secondary N) is 1. The van der Waals surface area contributed by atoms with Crippen LogP contribution in [0.3, 0.4) is 0 Å². The number of aliphatic carboxylic acids is 1. The lowest BCUT2D eigenvalue weighted by molar-refractivity contribution is -0.152. The Bertz CT molecular complexity index is 849.